The molecule has 4 heteroatoms. The first-order chi connectivity index (χ1) is 9.81. The highest BCUT2D eigenvalue weighted by Crippen LogP contribution is 2.23. The van der Waals surface area contributed by atoms with Crippen molar-refractivity contribution in [3.05, 3.63) is 28.2 Å². The number of nitriles is 1. The minimum Gasteiger partial charge on any atom is -0.383 e. The Balaban J connectivity index is 1.76. The van der Waals surface area contributed by atoms with Gasteiger partial charge >= 0.3 is 0 Å². The molecular weight excluding hydrogens is 314 g/mol. The fourth-order valence-corrected chi connectivity index (χ4v) is 3.20. The van der Waals surface area contributed by atoms with E-state index in [-0.39, 0.29) is 0 Å². The van der Waals surface area contributed by atoms with Gasteiger partial charge in [0.25, 0.3) is 0 Å². The highest BCUT2D eigenvalue weighted by Gasteiger charge is 2.11. The fourth-order valence-electron chi connectivity index (χ4n) is 2.74. The first-order valence-electron chi connectivity index (χ1n) is 7.47. The summed E-state index contributed by atoms with van der Waals surface area (Å²) in [6, 6.07) is 8.71. The highest BCUT2D eigenvalue weighted by atomic mass is 79.9. The van der Waals surface area contributed by atoms with Gasteiger partial charge in [-0.2, -0.15) is 5.26 Å². The Kier molecular flexibility index (Phi) is 6.35. The van der Waals surface area contributed by atoms with Gasteiger partial charge in [0.1, 0.15) is 6.07 Å². The van der Waals surface area contributed by atoms with Gasteiger partial charge < -0.3 is 10.6 Å². The van der Waals surface area contributed by atoms with E-state index in [4.69, 9.17) is 5.26 Å². The van der Waals surface area contributed by atoms with Crippen LogP contribution in [0.3, 0.4) is 0 Å². The van der Waals surface area contributed by atoms with Crippen LogP contribution in [0.2, 0.25) is 0 Å². The minimum atomic E-state index is 0.678. The third-order valence-corrected chi connectivity index (χ3v) is 4.51. The van der Waals surface area contributed by atoms with Crippen molar-refractivity contribution in [2.24, 2.45) is 0 Å². The molecule has 0 aromatic heterocycles. The van der Waals surface area contributed by atoms with Gasteiger partial charge in [0.05, 0.1) is 11.3 Å². The van der Waals surface area contributed by atoms with Crippen LogP contribution in [0.5, 0.6) is 0 Å². The van der Waals surface area contributed by atoms with E-state index in [2.05, 4.69) is 32.6 Å². The molecule has 1 aromatic carbocycles. The molecule has 1 aliphatic rings. The number of halogens is 1. The third-order valence-electron chi connectivity index (χ3n) is 3.85. The van der Waals surface area contributed by atoms with Crippen molar-refractivity contribution >= 4 is 21.6 Å². The van der Waals surface area contributed by atoms with E-state index >= 15 is 0 Å². The van der Waals surface area contributed by atoms with Crippen LogP contribution >= 0.6 is 15.9 Å². The van der Waals surface area contributed by atoms with Crippen LogP contribution < -0.4 is 10.6 Å². The summed E-state index contributed by atoms with van der Waals surface area (Å²) in [7, 11) is 0. The molecule has 1 fully saturated rings. The van der Waals surface area contributed by atoms with Gasteiger partial charge in [-0.25, -0.2) is 0 Å². The summed E-state index contributed by atoms with van der Waals surface area (Å²) in [4.78, 5) is 0. The summed E-state index contributed by atoms with van der Waals surface area (Å²) in [6.45, 7) is 1.80. The first-order valence-corrected chi connectivity index (χ1v) is 8.26. The predicted octanol–water partition coefficient (Wildman–Crippen LogP) is 4.05. The van der Waals surface area contributed by atoms with Crippen molar-refractivity contribution < 1.29 is 0 Å². The fraction of sp³-hybridized carbons (Fsp3) is 0.562. The Labute approximate surface area is 129 Å². The maximum Gasteiger partial charge on any atom is 0.103 e. The molecule has 0 unspecified atom stereocenters. The van der Waals surface area contributed by atoms with E-state index < -0.39 is 0 Å². The molecule has 0 bridgehead atoms. The summed E-state index contributed by atoms with van der Waals surface area (Å²) in [6.07, 6.45) is 8.10. The van der Waals surface area contributed by atoms with Crippen LogP contribution in [0.15, 0.2) is 22.7 Å². The van der Waals surface area contributed by atoms with Crippen LogP contribution in [-0.4, -0.2) is 19.1 Å². The van der Waals surface area contributed by atoms with Crippen molar-refractivity contribution in [1.82, 2.24) is 5.32 Å². The molecule has 3 nitrogen and oxygen atoms in total. The zero-order valence-corrected chi connectivity index (χ0v) is 13.4. The van der Waals surface area contributed by atoms with Crippen LogP contribution in [0.4, 0.5) is 5.69 Å². The molecule has 0 saturated heterocycles. The average Bonchev–Trinajstić information content (AvgIpc) is 2.72. The quantitative estimate of drug-likeness (QED) is 0.630. The predicted molar refractivity (Wildman–Crippen MR) is 86.8 cm³/mol. The third kappa shape index (κ3) is 4.50. The zero-order chi connectivity index (χ0) is 14.2. The van der Waals surface area contributed by atoms with Gasteiger partial charge in [0.2, 0.25) is 0 Å². The van der Waals surface area contributed by atoms with Crippen LogP contribution in [0.25, 0.3) is 0 Å². The lowest BCUT2D eigenvalue weighted by molar-refractivity contribution is 0.468. The molecule has 0 aliphatic heterocycles. The number of benzene rings is 1. The number of hydrogen-bond acceptors (Lipinski definition) is 3. The van der Waals surface area contributed by atoms with E-state index in [1.165, 1.54) is 38.5 Å². The van der Waals surface area contributed by atoms with E-state index in [0.29, 0.717) is 11.6 Å². The van der Waals surface area contributed by atoms with Crippen LogP contribution in [0.1, 0.15) is 44.1 Å². The largest absolute Gasteiger partial charge is 0.383 e. The Morgan fingerprint density at radius 3 is 2.60 bits per heavy atom. The smallest absolute Gasteiger partial charge is 0.103 e. The Morgan fingerprint density at radius 1 is 1.15 bits per heavy atom. The van der Waals surface area contributed by atoms with Gasteiger partial charge in [-0.15, -0.1) is 0 Å². The van der Waals surface area contributed by atoms with Gasteiger partial charge in [0, 0.05) is 23.6 Å². The summed E-state index contributed by atoms with van der Waals surface area (Å²) in [5, 5.41) is 16.1. The second-order valence-corrected chi connectivity index (χ2v) is 6.20. The average molecular weight is 336 g/mol. The summed E-state index contributed by atoms with van der Waals surface area (Å²) in [5.74, 6) is 0. The highest BCUT2D eigenvalue weighted by molar-refractivity contribution is 9.10. The van der Waals surface area contributed by atoms with Crippen molar-refractivity contribution in [3.8, 4) is 6.07 Å². The molecule has 0 atom stereocenters. The molecule has 0 spiro atoms. The van der Waals surface area contributed by atoms with E-state index in [1.54, 1.807) is 0 Å². The lowest BCUT2D eigenvalue weighted by atomic mass is 10.1. The van der Waals surface area contributed by atoms with E-state index in [9.17, 15) is 0 Å². The lowest BCUT2D eigenvalue weighted by Crippen LogP contribution is -2.32. The lowest BCUT2D eigenvalue weighted by Gasteiger charge is -2.17. The molecule has 0 amide bonds. The first kappa shape index (κ1) is 15.3. The monoisotopic (exact) mass is 335 g/mol. The molecule has 0 radical (unpaired) electrons. The second-order valence-electron chi connectivity index (χ2n) is 5.34. The van der Waals surface area contributed by atoms with Crippen molar-refractivity contribution in [2.45, 2.75) is 44.6 Å². The summed E-state index contributed by atoms with van der Waals surface area (Å²) < 4.78 is 0.849. The van der Waals surface area contributed by atoms with Gasteiger partial charge in [-0.3, -0.25) is 0 Å². The van der Waals surface area contributed by atoms with E-state index in [0.717, 1.165) is 23.2 Å². The molecule has 108 valence electrons. The van der Waals surface area contributed by atoms with Crippen LogP contribution in [-0.2, 0) is 0 Å². The Morgan fingerprint density at radius 2 is 1.90 bits per heavy atom. The van der Waals surface area contributed by atoms with Crippen molar-refractivity contribution in [2.75, 3.05) is 18.4 Å². The molecule has 1 saturated carbocycles. The Bertz CT molecular complexity index is 459. The Hall–Kier alpha value is -1.05. The second kappa shape index (κ2) is 8.28. The molecule has 20 heavy (non-hydrogen) atoms. The number of nitrogens with zero attached hydrogens (tertiary/aromatic N) is 1. The molecule has 2 N–H and O–H groups in total. The van der Waals surface area contributed by atoms with Gasteiger partial charge in [-0.1, -0.05) is 31.7 Å². The van der Waals surface area contributed by atoms with Crippen LogP contribution in [0, 0.1) is 11.3 Å². The molecule has 2 rings (SSSR count). The molecule has 0 heterocycles. The maximum absolute atomic E-state index is 9.16. The van der Waals surface area contributed by atoms with Gasteiger partial charge in [0.15, 0.2) is 0 Å². The molecular formula is C16H22BrN3. The maximum atomic E-state index is 9.16. The number of nitrogens with one attached hydrogen (secondary N) is 2. The summed E-state index contributed by atoms with van der Waals surface area (Å²) in [5.41, 5.74) is 1.59. The topological polar surface area (TPSA) is 47.9 Å². The van der Waals surface area contributed by atoms with E-state index in [1.807, 2.05) is 18.2 Å². The zero-order valence-electron chi connectivity index (χ0n) is 11.8. The van der Waals surface area contributed by atoms with Gasteiger partial charge in [-0.05, 0) is 40.9 Å². The standard InChI is InChI=1S/C16H22BrN3/c17-15-8-5-9-16(14(15)12-18)20-11-10-19-13-6-3-1-2-4-7-13/h5,8-9,13,19-20H,1-4,6-7,10-11H2. The van der Waals surface area contributed by atoms with Crippen molar-refractivity contribution in [3.63, 3.8) is 0 Å². The number of hydrogen-bond donors (Lipinski definition) is 2. The summed E-state index contributed by atoms with van der Waals surface area (Å²) >= 11 is 3.41. The SMILES string of the molecule is N#Cc1c(Br)cccc1NCCNC1CCCCCC1. The number of rotatable bonds is 5. The molecule has 1 aromatic rings. The molecule has 1 aliphatic carbocycles. The normalized spacial score (nSPS) is 16.4. The van der Waals surface area contributed by atoms with Crippen molar-refractivity contribution in [1.29, 1.82) is 5.26 Å². The minimum absolute atomic E-state index is 0.678. The number of anilines is 1.